The first-order chi connectivity index (χ1) is 12.1. The summed E-state index contributed by atoms with van der Waals surface area (Å²) >= 11 is 0. The predicted molar refractivity (Wildman–Crippen MR) is 99.2 cm³/mol. The summed E-state index contributed by atoms with van der Waals surface area (Å²) in [6.45, 7) is 4.76. The molecular weight excluding hydrogens is 314 g/mol. The van der Waals surface area contributed by atoms with Crippen molar-refractivity contribution in [2.75, 3.05) is 26.2 Å². The second-order valence-electron chi connectivity index (χ2n) is 7.81. The van der Waals surface area contributed by atoms with E-state index >= 15 is 0 Å². The van der Waals surface area contributed by atoms with E-state index in [1.165, 1.54) is 31.3 Å². The number of hydrogen-bond donors (Lipinski definition) is 1. The predicted octanol–water partition coefficient (Wildman–Crippen LogP) is 2.47. The summed E-state index contributed by atoms with van der Waals surface area (Å²) in [5, 5.41) is 3.10. The Morgan fingerprint density at radius 2 is 1.92 bits per heavy atom. The molecule has 2 heterocycles. The van der Waals surface area contributed by atoms with E-state index in [0.717, 1.165) is 51.7 Å². The second-order valence-corrected chi connectivity index (χ2v) is 7.81. The molecule has 1 N–H and O–H groups in total. The van der Waals surface area contributed by atoms with E-state index in [2.05, 4.69) is 16.3 Å². The minimum Gasteiger partial charge on any atom is -0.355 e. The Morgan fingerprint density at radius 3 is 2.68 bits per heavy atom. The van der Waals surface area contributed by atoms with Crippen molar-refractivity contribution in [2.45, 2.75) is 76.8 Å². The summed E-state index contributed by atoms with van der Waals surface area (Å²) in [6.07, 6.45) is 12.8. The number of nitrogens with one attached hydrogen (secondary N) is 1. The van der Waals surface area contributed by atoms with Crippen molar-refractivity contribution in [3.63, 3.8) is 0 Å². The van der Waals surface area contributed by atoms with Gasteiger partial charge in [-0.1, -0.05) is 11.6 Å². The fourth-order valence-corrected chi connectivity index (χ4v) is 4.80. The normalized spacial score (nSPS) is 27.4. The van der Waals surface area contributed by atoms with Gasteiger partial charge in [0, 0.05) is 32.1 Å². The molecule has 0 unspecified atom stereocenters. The largest absolute Gasteiger partial charge is 0.355 e. The van der Waals surface area contributed by atoms with Gasteiger partial charge in [-0.05, 0) is 64.3 Å². The van der Waals surface area contributed by atoms with Crippen LogP contribution in [0.2, 0.25) is 0 Å². The number of hydrogen-bond acceptors (Lipinski definition) is 3. The third-order valence-corrected chi connectivity index (χ3v) is 6.06. The summed E-state index contributed by atoms with van der Waals surface area (Å²) in [7, 11) is 0. The van der Waals surface area contributed by atoms with Crippen molar-refractivity contribution in [2.24, 2.45) is 0 Å². The van der Waals surface area contributed by atoms with Crippen LogP contribution in [0.3, 0.4) is 0 Å². The molecule has 5 nitrogen and oxygen atoms in total. The van der Waals surface area contributed by atoms with Gasteiger partial charge < -0.3 is 10.2 Å². The topological polar surface area (TPSA) is 52.7 Å². The highest BCUT2D eigenvalue weighted by molar-refractivity contribution is 5.78. The van der Waals surface area contributed by atoms with Gasteiger partial charge in [-0.15, -0.1) is 0 Å². The van der Waals surface area contributed by atoms with Crippen molar-refractivity contribution in [3.05, 3.63) is 11.6 Å². The van der Waals surface area contributed by atoms with Gasteiger partial charge >= 0.3 is 0 Å². The third-order valence-electron chi connectivity index (χ3n) is 6.06. The fraction of sp³-hybridized carbons (Fsp3) is 0.800. The number of allylic oxidation sites excluding steroid dienone is 1. The lowest BCUT2D eigenvalue weighted by Crippen LogP contribution is -2.50. The van der Waals surface area contributed by atoms with E-state index in [0.29, 0.717) is 18.6 Å². The van der Waals surface area contributed by atoms with Gasteiger partial charge in [-0.25, -0.2) is 0 Å². The second kappa shape index (κ2) is 8.84. The van der Waals surface area contributed by atoms with Crippen molar-refractivity contribution >= 4 is 11.8 Å². The van der Waals surface area contributed by atoms with Gasteiger partial charge in [0.2, 0.25) is 11.8 Å². The van der Waals surface area contributed by atoms with Crippen molar-refractivity contribution in [1.29, 1.82) is 0 Å². The van der Waals surface area contributed by atoms with E-state index in [1.54, 1.807) is 6.92 Å². The lowest BCUT2D eigenvalue weighted by atomic mass is 9.97. The van der Waals surface area contributed by atoms with E-state index in [-0.39, 0.29) is 11.8 Å². The smallest absolute Gasteiger partial charge is 0.234 e. The molecule has 0 bridgehead atoms. The Labute approximate surface area is 151 Å². The molecular formula is C20H33N3O2. The quantitative estimate of drug-likeness (QED) is 0.751. The molecule has 140 valence electrons. The first-order valence-electron chi connectivity index (χ1n) is 10.1. The summed E-state index contributed by atoms with van der Waals surface area (Å²) in [6, 6.07) is 0.665. The zero-order chi connectivity index (χ0) is 17.6. The first kappa shape index (κ1) is 18.4. The molecule has 2 amide bonds. The number of amides is 2. The lowest BCUT2D eigenvalue weighted by Gasteiger charge is -2.34. The molecule has 0 aromatic heterocycles. The van der Waals surface area contributed by atoms with Crippen LogP contribution in [0.5, 0.6) is 0 Å². The number of likely N-dealkylation sites (tertiary alicyclic amines) is 2. The van der Waals surface area contributed by atoms with Crippen LogP contribution in [0.15, 0.2) is 11.6 Å². The molecule has 1 aliphatic carbocycles. The van der Waals surface area contributed by atoms with Crippen LogP contribution < -0.4 is 5.32 Å². The summed E-state index contributed by atoms with van der Waals surface area (Å²) in [4.78, 5) is 28.6. The van der Waals surface area contributed by atoms with Crippen molar-refractivity contribution < 1.29 is 9.59 Å². The summed E-state index contributed by atoms with van der Waals surface area (Å²) in [5.74, 6) is 0.315. The van der Waals surface area contributed by atoms with Gasteiger partial charge in [0.25, 0.3) is 0 Å². The van der Waals surface area contributed by atoms with Gasteiger partial charge in [-0.3, -0.25) is 14.5 Å². The lowest BCUT2D eigenvalue weighted by molar-refractivity contribution is -0.130. The van der Waals surface area contributed by atoms with Gasteiger partial charge in [0.15, 0.2) is 0 Å². The summed E-state index contributed by atoms with van der Waals surface area (Å²) < 4.78 is 0. The minimum absolute atomic E-state index is 0.135. The number of rotatable bonds is 6. The molecule has 2 saturated heterocycles. The van der Waals surface area contributed by atoms with E-state index in [4.69, 9.17) is 0 Å². The van der Waals surface area contributed by atoms with Crippen LogP contribution in [0, 0.1) is 0 Å². The minimum atomic E-state index is 0.135. The molecule has 3 rings (SSSR count). The number of nitrogens with zero attached hydrogens (tertiary/aromatic N) is 2. The molecule has 0 aromatic rings. The Bertz CT molecular complexity index is 517. The van der Waals surface area contributed by atoms with Gasteiger partial charge in [-0.2, -0.15) is 0 Å². The standard InChI is InChI=1S/C20H33N3O2/c1-16(24)23-14-6-10-19(23)18-9-5-13-22(18)15-20(25)21-12-11-17-7-3-2-4-8-17/h7,18-19H,2-6,8-15H2,1H3,(H,21,25)/t18-,19+/m0/s1. The highest BCUT2D eigenvalue weighted by atomic mass is 16.2. The molecule has 0 radical (unpaired) electrons. The molecule has 0 saturated carbocycles. The zero-order valence-electron chi connectivity index (χ0n) is 15.6. The highest BCUT2D eigenvalue weighted by Gasteiger charge is 2.39. The van der Waals surface area contributed by atoms with E-state index in [9.17, 15) is 9.59 Å². The van der Waals surface area contributed by atoms with Crippen LogP contribution in [0.25, 0.3) is 0 Å². The van der Waals surface area contributed by atoms with Crippen LogP contribution >= 0.6 is 0 Å². The van der Waals surface area contributed by atoms with E-state index in [1.807, 2.05) is 4.90 Å². The Morgan fingerprint density at radius 1 is 1.12 bits per heavy atom. The maximum absolute atomic E-state index is 12.4. The van der Waals surface area contributed by atoms with Crippen LogP contribution in [0.4, 0.5) is 0 Å². The monoisotopic (exact) mass is 347 g/mol. The molecule has 2 atom stereocenters. The van der Waals surface area contributed by atoms with Gasteiger partial charge in [0.05, 0.1) is 6.54 Å². The maximum atomic E-state index is 12.4. The van der Waals surface area contributed by atoms with Gasteiger partial charge in [0.1, 0.15) is 0 Å². The summed E-state index contributed by atoms with van der Waals surface area (Å²) in [5.41, 5.74) is 1.51. The molecule has 3 aliphatic rings. The molecule has 0 aromatic carbocycles. The van der Waals surface area contributed by atoms with E-state index < -0.39 is 0 Å². The van der Waals surface area contributed by atoms with Crippen molar-refractivity contribution in [1.82, 2.24) is 15.1 Å². The third kappa shape index (κ3) is 4.84. The number of carbonyl (C=O) groups is 2. The molecule has 2 fully saturated rings. The molecule has 5 heteroatoms. The Balaban J connectivity index is 1.45. The van der Waals surface area contributed by atoms with Crippen molar-refractivity contribution in [3.8, 4) is 0 Å². The van der Waals surface area contributed by atoms with Crippen LogP contribution in [0.1, 0.15) is 64.7 Å². The number of carbonyl (C=O) groups excluding carboxylic acids is 2. The average Bonchev–Trinajstić information content (AvgIpc) is 3.24. The SMILES string of the molecule is CC(=O)N1CCC[C@@H]1[C@@H]1CCCN1CC(=O)NCCC1=CCCCC1. The highest BCUT2D eigenvalue weighted by Crippen LogP contribution is 2.29. The molecule has 2 aliphatic heterocycles. The first-order valence-corrected chi connectivity index (χ1v) is 10.1. The maximum Gasteiger partial charge on any atom is 0.234 e. The Kier molecular flexibility index (Phi) is 6.51. The average molecular weight is 348 g/mol. The molecule has 0 spiro atoms. The van der Waals surface area contributed by atoms with Crippen LogP contribution in [-0.2, 0) is 9.59 Å². The zero-order valence-corrected chi connectivity index (χ0v) is 15.6. The van der Waals surface area contributed by atoms with Crippen LogP contribution in [-0.4, -0.2) is 59.9 Å². The Hall–Kier alpha value is -1.36. The molecule has 25 heavy (non-hydrogen) atoms. The fourth-order valence-electron chi connectivity index (χ4n) is 4.80.